The monoisotopic (exact) mass is 314 g/mol. The Labute approximate surface area is 119 Å². The quantitative estimate of drug-likeness (QED) is 0.789. The molecule has 0 aliphatic heterocycles. The van der Waals surface area contributed by atoms with E-state index in [1.807, 2.05) is 42.5 Å². The van der Waals surface area contributed by atoms with Crippen molar-refractivity contribution < 1.29 is 0 Å². The first-order chi connectivity index (χ1) is 9.24. The van der Waals surface area contributed by atoms with Gasteiger partial charge in [-0.1, -0.05) is 28.1 Å². The zero-order chi connectivity index (χ0) is 13.2. The Hall–Kier alpha value is -2.14. The van der Waals surface area contributed by atoms with E-state index in [4.69, 9.17) is 5.73 Å². The maximum atomic E-state index is 6.00. The highest BCUT2D eigenvalue weighted by molar-refractivity contribution is 9.10. The fourth-order valence-corrected chi connectivity index (χ4v) is 2.11. The van der Waals surface area contributed by atoms with E-state index in [-0.39, 0.29) is 0 Å². The van der Waals surface area contributed by atoms with Crippen LogP contribution in [0.5, 0.6) is 0 Å². The summed E-state index contributed by atoms with van der Waals surface area (Å²) in [4.78, 5) is 4.07. The lowest BCUT2D eigenvalue weighted by molar-refractivity contribution is 0.888. The van der Waals surface area contributed by atoms with E-state index in [0.717, 1.165) is 21.4 Å². The van der Waals surface area contributed by atoms with Gasteiger partial charge in [0.05, 0.1) is 17.6 Å². The van der Waals surface area contributed by atoms with E-state index in [0.29, 0.717) is 5.82 Å². The van der Waals surface area contributed by atoms with Crippen molar-refractivity contribution in [2.75, 3.05) is 5.73 Å². The normalized spacial score (nSPS) is 10.6. The van der Waals surface area contributed by atoms with E-state index in [9.17, 15) is 0 Å². The van der Waals surface area contributed by atoms with Gasteiger partial charge in [-0.15, -0.1) is 0 Å². The number of benzene rings is 1. The minimum Gasteiger partial charge on any atom is -0.384 e. The molecule has 1 aromatic carbocycles. The molecule has 19 heavy (non-hydrogen) atoms. The predicted molar refractivity (Wildman–Crippen MR) is 78.9 cm³/mol. The Morgan fingerprint density at radius 1 is 1.11 bits per heavy atom. The fraction of sp³-hybridized carbons (Fsp3) is 0. The number of anilines is 1. The molecule has 0 spiro atoms. The number of nitrogens with zero attached hydrogens (tertiary/aromatic N) is 3. The Morgan fingerprint density at radius 2 is 1.89 bits per heavy atom. The molecule has 0 saturated heterocycles. The highest BCUT2D eigenvalue weighted by Crippen LogP contribution is 2.24. The van der Waals surface area contributed by atoms with Crippen LogP contribution in [0, 0.1) is 0 Å². The van der Waals surface area contributed by atoms with Crippen molar-refractivity contribution in [2.24, 2.45) is 0 Å². The summed E-state index contributed by atoms with van der Waals surface area (Å²) >= 11 is 3.42. The second kappa shape index (κ2) is 4.85. The van der Waals surface area contributed by atoms with Gasteiger partial charge in [-0.3, -0.25) is 4.98 Å². The third kappa shape index (κ3) is 2.37. The molecule has 0 bridgehead atoms. The summed E-state index contributed by atoms with van der Waals surface area (Å²) in [6, 6.07) is 13.6. The van der Waals surface area contributed by atoms with Gasteiger partial charge >= 0.3 is 0 Å². The van der Waals surface area contributed by atoms with Gasteiger partial charge < -0.3 is 5.73 Å². The number of hydrogen-bond acceptors (Lipinski definition) is 3. The SMILES string of the molecule is Nc1cc(-c2ccc(Br)cc2)nn1-c1cccnc1. The zero-order valence-electron chi connectivity index (χ0n) is 9.99. The van der Waals surface area contributed by atoms with E-state index in [1.165, 1.54) is 0 Å². The summed E-state index contributed by atoms with van der Waals surface area (Å²) in [7, 11) is 0. The second-order valence-corrected chi connectivity index (χ2v) is 5.00. The number of hydrogen-bond donors (Lipinski definition) is 1. The van der Waals surface area contributed by atoms with Crippen LogP contribution in [0.25, 0.3) is 16.9 Å². The van der Waals surface area contributed by atoms with Gasteiger partial charge in [0, 0.05) is 22.3 Å². The van der Waals surface area contributed by atoms with Gasteiger partial charge in [-0.05, 0) is 24.3 Å². The molecule has 3 rings (SSSR count). The van der Waals surface area contributed by atoms with Crippen LogP contribution in [0.1, 0.15) is 0 Å². The second-order valence-electron chi connectivity index (χ2n) is 4.08. The number of rotatable bonds is 2. The zero-order valence-corrected chi connectivity index (χ0v) is 11.6. The number of pyridine rings is 1. The molecule has 3 aromatic rings. The lowest BCUT2D eigenvalue weighted by Crippen LogP contribution is -2.01. The van der Waals surface area contributed by atoms with Crippen molar-refractivity contribution in [1.29, 1.82) is 0 Å². The predicted octanol–water partition coefficient (Wildman–Crippen LogP) is 3.28. The first-order valence-electron chi connectivity index (χ1n) is 5.76. The molecule has 2 N–H and O–H groups in total. The molecule has 0 fully saturated rings. The molecule has 5 heteroatoms. The number of nitrogen functional groups attached to an aromatic ring is 1. The lowest BCUT2D eigenvalue weighted by atomic mass is 10.2. The summed E-state index contributed by atoms with van der Waals surface area (Å²) in [6.07, 6.45) is 3.45. The summed E-state index contributed by atoms with van der Waals surface area (Å²) < 4.78 is 2.72. The topological polar surface area (TPSA) is 56.7 Å². The van der Waals surface area contributed by atoms with Crippen molar-refractivity contribution in [3.8, 4) is 16.9 Å². The van der Waals surface area contributed by atoms with Crippen LogP contribution in [0.2, 0.25) is 0 Å². The van der Waals surface area contributed by atoms with Crippen LogP contribution in [0.15, 0.2) is 59.3 Å². The van der Waals surface area contributed by atoms with E-state index < -0.39 is 0 Å². The number of aromatic nitrogens is 3. The number of halogens is 1. The van der Waals surface area contributed by atoms with E-state index in [1.54, 1.807) is 17.1 Å². The van der Waals surface area contributed by atoms with E-state index >= 15 is 0 Å². The molecule has 0 aliphatic carbocycles. The molecule has 0 atom stereocenters. The molecule has 0 saturated carbocycles. The van der Waals surface area contributed by atoms with Crippen molar-refractivity contribution >= 4 is 21.7 Å². The molecular weight excluding hydrogens is 304 g/mol. The standard InChI is InChI=1S/C14H11BrN4/c15-11-5-3-10(4-6-11)13-8-14(16)19(18-13)12-2-1-7-17-9-12/h1-9H,16H2. The highest BCUT2D eigenvalue weighted by atomic mass is 79.9. The van der Waals surface area contributed by atoms with Crippen molar-refractivity contribution in [2.45, 2.75) is 0 Å². The summed E-state index contributed by atoms with van der Waals surface area (Å²) in [5.74, 6) is 0.589. The van der Waals surface area contributed by atoms with Crippen LogP contribution in [0.4, 0.5) is 5.82 Å². The molecule has 94 valence electrons. The summed E-state index contributed by atoms with van der Waals surface area (Å²) in [5.41, 5.74) is 8.72. The molecule has 2 aromatic heterocycles. The van der Waals surface area contributed by atoms with Crippen molar-refractivity contribution in [1.82, 2.24) is 14.8 Å². The van der Waals surface area contributed by atoms with Gasteiger partial charge in [-0.2, -0.15) is 5.10 Å². The minimum atomic E-state index is 0.589. The molecule has 2 heterocycles. The summed E-state index contributed by atoms with van der Waals surface area (Å²) in [6.45, 7) is 0. The largest absolute Gasteiger partial charge is 0.384 e. The van der Waals surface area contributed by atoms with Crippen LogP contribution in [0.3, 0.4) is 0 Å². The van der Waals surface area contributed by atoms with Gasteiger partial charge in [0.15, 0.2) is 0 Å². The Balaban J connectivity index is 2.04. The van der Waals surface area contributed by atoms with Gasteiger partial charge in [0.25, 0.3) is 0 Å². The van der Waals surface area contributed by atoms with Crippen LogP contribution in [-0.2, 0) is 0 Å². The maximum Gasteiger partial charge on any atom is 0.127 e. The highest BCUT2D eigenvalue weighted by Gasteiger charge is 2.08. The number of nitrogens with two attached hydrogens (primary N) is 1. The van der Waals surface area contributed by atoms with Crippen LogP contribution >= 0.6 is 15.9 Å². The van der Waals surface area contributed by atoms with Crippen molar-refractivity contribution in [3.63, 3.8) is 0 Å². The molecule has 0 radical (unpaired) electrons. The van der Waals surface area contributed by atoms with E-state index in [2.05, 4.69) is 26.0 Å². The van der Waals surface area contributed by atoms with Crippen LogP contribution < -0.4 is 5.73 Å². The van der Waals surface area contributed by atoms with Crippen LogP contribution in [-0.4, -0.2) is 14.8 Å². The minimum absolute atomic E-state index is 0.589. The molecule has 0 amide bonds. The first kappa shape index (κ1) is 11.9. The maximum absolute atomic E-state index is 6.00. The average Bonchev–Trinajstić information content (AvgIpc) is 2.83. The van der Waals surface area contributed by atoms with Gasteiger partial charge in [0.2, 0.25) is 0 Å². The molecule has 4 nitrogen and oxygen atoms in total. The Bertz CT molecular complexity index is 689. The summed E-state index contributed by atoms with van der Waals surface area (Å²) in [5, 5.41) is 4.52. The Kier molecular flexibility index (Phi) is 3.05. The Morgan fingerprint density at radius 3 is 2.58 bits per heavy atom. The molecule has 0 aliphatic rings. The van der Waals surface area contributed by atoms with Crippen molar-refractivity contribution in [3.05, 3.63) is 59.3 Å². The molecule has 0 unspecified atom stereocenters. The third-order valence-corrected chi connectivity index (χ3v) is 3.30. The average molecular weight is 315 g/mol. The fourth-order valence-electron chi connectivity index (χ4n) is 1.84. The van der Waals surface area contributed by atoms with Gasteiger partial charge in [-0.25, -0.2) is 4.68 Å². The molecular formula is C14H11BrN4. The first-order valence-corrected chi connectivity index (χ1v) is 6.55. The van der Waals surface area contributed by atoms with Gasteiger partial charge in [0.1, 0.15) is 5.82 Å². The third-order valence-electron chi connectivity index (χ3n) is 2.77. The smallest absolute Gasteiger partial charge is 0.127 e. The lowest BCUT2D eigenvalue weighted by Gasteiger charge is -2.02.